The molecular weight excluding hydrogens is 513 g/mol. The van der Waals surface area contributed by atoms with E-state index in [-0.39, 0.29) is 11.7 Å². The van der Waals surface area contributed by atoms with Gasteiger partial charge in [0, 0.05) is 47.5 Å². The van der Waals surface area contributed by atoms with Gasteiger partial charge in [-0.1, -0.05) is 29.4 Å². The van der Waals surface area contributed by atoms with E-state index in [0.717, 1.165) is 35.7 Å². The Hall–Kier alpha value is -4.21. The number of halogens is 1. The molecule has 1 heterocycles. The number of alkyl halides is 1. The van der Waals surface area contributed by atoms with Gasteiger partial charge in [0.25, 0.3) is 5.91 Å². The van der Waals surface area contributed by atoms with Crippen molar-refractivity contribution in [3.05, 3.63) is 70.9 Å². The molecule has 2 amide bonds. The first-order valence-electron chi connectivity index (χ1n) is 13.6. The Bertz CT molecular complexity index is 1550. The lowest BCUT2D eigenvalue weighted by Gasteiger charge is -2.59. The minimum atomic E-state index is -1.19. The lowest BCUT2D eigenvalue weighted by molar-refractivity contribution is -0.140. The number of fused-ring (bicyclic) bond motifs is 1. The summed E-state index contributed by atoms with van der Waals surface area (Å²) >= 11 is 0. The third-order valence-electron chi connectivity index (χ3n) is 8.65. The molecule has 0 spiro atoms. The van der Waals surface area contributed by atoms with E-state index in [1.54, 1.807) is 36.4 Å². The second-order valence-corrected chi connectivity index (χ2v) is 11.9. The van der Waals surface area contributed by atoms with Crippen LogP contribution in [0.25, 0.3) is 10.9 Å². The van der Waals surface area contributed by atoms with Crippen LogP contribution in [0.5, 0.6) is 0 Å². The quantitative estimate of drug-likeness (QED) is 0.179. The van der Waals surface area contributed by atoms with Crippen LogP contribution in [0.1, 0.15) is 77.4 Å². The predicted molar refractivity (Wildman–Crippen MR) is 147 cm³/mol. The Kier molecular flexibility index (Phi) is 6.16. The van der Waals surface area contributed by atoms with Crippen molar-refractivity contribution >= 4 is 34.5 Å². The van der Waals surface area contributed by atoms with Gasteiger partial charge in [-0.2, -0.15) is 0 Å². The number of carbonyl (C=O) groups excluding carboxylic acids is 3. The maximum absolute atomic E-state index is 15.6. The second kappa shape index (κ2) is 9.46. The van der Waals surface area contributed by atoms with Crippen LogP contribution in [-0.4, -0.2) is 39.4 Å². The number of amides is 2. The normalized spacial score (nSPS) is 27.1. The van der Waals surface area contributed by atoms with Crippen molar-refractivity contribution in [2.45, 2.75) is 63.2 Å². The van der Waals surface area contributed by atoms with E-state index in [1.807, 2.05) is 16.7 Å². The monoisotopic (exact) mass is 545 g/mol. The summed E-state index contributed by atoms with van der Waals surface area (Å²) in [5, 5.41) is 7.77. The minimum Gasteiger partial charge on any atom is -0.380 e. The third-order valence-corrected chi connectivity index (χ3v) is 8.65. The molecule has 4 aliphatic carbocycles. The number of primary amides is 1. The zero-order valence-corrected chi connectivity index (χ0v) is 22.3. The number of hydrogen-bond acceptors (Lipinski definition) is 5. The van der Waals surface area contributed by atoms with Gasteiger partial charge in [-0.3, -0.25) is 9.59 Å². The second-order valence-electron chi connectivity index (χ2n) is 11.9. The van der Waals surface area contributed by atoms with Gasteiger partial charge in [0.1, 0.15) is 11.4 Å². The molecule has 1 aromatic heterocycles. The van der Waals surface area contributed by atoms with Gasteiger partial charge >= 0.3 is 5.97 Å². The molecule has 2 atom stereocenters. The summed E-state index contributed by atoms with van der Waals surface area (Å²) in [6, 6.07) is 14.0. The minimum absolute atomic E-state index is 0.0171. The number of hydrogen-bond donors (Lipinski definition) is 3. The number of oxime groups is 1. The first-order valence-corrected chi connectivity index (χ1v) is 13.6. The van der Waals surface area contributed by atoms with Gasteiger partial charge in [0.05, 0.1) is 0 Å². The number of benzene rings is 2. The topological polar surface area (TPSA) is 142 Å². The van der Waals surface area contributed by atoms with Crippen molar-refractivity contribution in [1.29, 1.82) is 0 Å². The molecule has 7 rings (SSSR count). The Morgan fingerprint density at radius 1 is 1.02 bits per heavy atom. The van der Waals surface area contributed by atoms with E-state index >= 15 is 4.39 Å². The van der Waals surface area contributed by atoms with Crippen molar-refractivity contribution < 1.29 is 23.6 Å². The maximum Gasteiger partial charge on any atom is 0.332 e. The number of nitrogens with two attached hydrogens (primary N) is 2. The van der Waals surface area contributed by atoms with Crippen molar-refractivity contribution in [3.63, 3.8) is 0 Å². The number of rotatable bonds is 7. The van der Waals surface area contributed by atoms with Crippen LogP contribution in [-0.2, 0) is 16.2 Å². The summed E-state index contributed by atoms with van der Waals surface area (Å²) in [5.41, 5.74) is 12.6. The summed E-state index contributed by atoms with van der Waals surface area (Å²) in [5.74, 6) is -0.731. The van der Waals surface area contributed by atoms with Gasteiger partial charge in [0.2, 0.25) is 5.91 Å². The molecule has 208 valence electrons. The number of nitrogens with one attached hydrogen (secondary N) is 1. The fourth-order valence-corrected chi connectivity index (χ4v) is 7.50. The highest BCUT2D eigenvalue weighted by Crippen LogP contribution is 2.59. The van der Waals surface area contributed by atoms with Crippen LogP contribution in [0.2, 0.25) is 0 Å². The molecule has 9 nitrogen and oxygen atoms in total. The molecule has 4 bridgehead atoms. The van der Waals surface area contributed by atoms with Crippen LogP contribution in [0.15, 0.2) is 53.7 Å². The molecule has 0 aliphatic heterocycles. The summed E-state index contributed by atoms with van der Waals surface area (Å²) < 4.78 is 17.5. The van der Waals surface area contributed by atoms with Gasteiger partial charge in [-0.05, 0) is 73.8 Å². The smallest absolute Gasteiger partial charge is 0.332 e. The highest BCUT2D eigenvalue weighted by atomic mass is 19.1. The average Bonchev–Trinajstić information content (AvgIpc) is 3.23. The molecule has 0 radical (unpaired) electrons. The zero-order valence-electron chi connectivity index (χ0n) is 22.3. The molecule has 3 aromatic rings. The molecule has 5 N–H and O–H groups in total. The average molecular weight is 546 g/mol. The molecule has 4 fully saturated rings. The van der Waals surface area contributed by atoms with Crippen LogP contribution in [0.4, 0.5) is 4.39 Å². The van der Waals surface area contributed by atoms with E-state index in [4.69, 9.17) is 16.3 Å². The largest absolute Gasteiger partial charge is 0.380 e. The molecule has 40 heavy (non-hydrogen) atoms. The van der Waals surface area contributed by atoms with Crippen molar-refractivity contribution in [1.82, 2.24) is 9.88 Å². The lowest BCUT2D eigenvalue weighted by atomic mass is 9.51. The fraction of sp³-hybridized carbons (Fsp3) is 0.400. The van der Waals surface area contributed by atoms with Crippen LogP contribution >= 0.6 is 0 Å². The number of amidine groups is 1. The van der Waals surface area contributed by atoms with E-state index in [2.05, 4.69) is 10.5 Å². The molecule has 2 unspecified atom stereocenters. The molecule has 4 aliphatic rings. The van der Waals surface area contributed by atoms with Crippen LogP contribution in [0.3, 0.4) is 0 Å². The van der Waals surface area contributed by atoms with Crippen LogP contribution < -0.4 is 16.8 Å². The number of aromatic nitrogens is 1. The van der Waals surface area contributed by atoms with Crippen molar-refractivity contribution in [2.75, 3.05) is 0 Å². The highest BCUT2D eigenvalue weighted by molar-refractivity contribution is 6.03. The highest BCUT2D eigenvalue weighted by Gasteiger charge is 2.58. The Morgan fingerprint density at radius 2 is 1.70 bits per heavy atom. The molecule has 0 saturated heterocycles. The summed E-state index contributed by atoms with van der Waals surface area (Å²) in [7, 11) is 0. The van der Waals surface area contributed by atoms with E-state index < -0.39 is 23.1 Å². The molecule has 2 aromatic carbocycles. The van der Waals surface area contributed by atoms with Gasteiger partial charge in [-0.25, -0.2) is 9.18 Å². The zero-order chi connectivity index (χ0) is 28.2. The lowest BCUT2D eigenvalue weighted by Crippen LogP contribution is -2.64. The number of carbonyl (C=O) groups is 3. The molecular formula is C30H32FN5O4. The SMILES string of the molecule is CC(=O)O/N=C(/N)c1ccc2cc(C(=O)NC34CC5CC(CC(F)(C5)C3)C4)n(Cc3ccc(C(N)=O)cc3)c2c1. The summed E-state index contributed by atoms with van der Waals surface area (Å²) in [4.78, 5) is 41.4. The molecule has 10 heteroatoms. The van der Waals surface area contributed by atoms with E-state index in [1.165, 1.54) is 6.92 Å². The van der Waals surface area contributed by atoms with Gasteiger partial charge in [0.15, 0.2) is 5.84 Å². The first-order chi connectivity index (χ1) is 19.0. The van der Waals surface area contributed by atoms with E-state index in [0.29, 0.717) is 54.5 Å². The van der Waals surface area contributed by atoms with Crippen molar-refractivity contribution in [3.8, 4) is 0 Å². The van der Waals surface area contributed by atoms with E-state index in [9.17, 15) is 14.4 Å². The summed E-state index contributed by atoms with van der Waals surface area (Å²) in [6.07, 6.45) is 4.22. The fourth-order valence-electron chi connectivity index (χ4n) is 7.50. The standard InChI is InChI=1S/C30H32FN5O4/c1-17(37)40-35-26(32)23-7-6-22-9-25(36(24(22)10-23)15-18-2-4-21(5-3-18)27(33)38)28(39)34-30-13-19-8-20(14-30)12-29(31,11-19)16-30/h2-7,9-10,19-20H,8,11-16H2,1H3,(H2,32,35)(H2,33,38)(H,34,39). The van der Waals surface area contributed by atoms with Gasteiger partial charge < -0.3 is 26.2 Å². The van der Waals surface area contributed by atoms with Gasteiger partial charge in [-0.15, -0.1) is 0 Å². The number of nitrogens with zero attached hydrogens (tertiary/aromatic N) is 2. The Balaban J connectivity index is 1.38. The van der Waals surface area contributed by atoms with Crippen LogP contribution in [0, 0.1) is 11.8 Å². The third kappa shape index (κ3) is 4.82. The molecule has 4 saturated carbocycles. The van der Waals surface area contributed by atoms with Crippen molar-refractivity contribution in [2.24, 2.45) is 28.5 Å². The Labute approximate surface area is 230 Å². The summed E-state index contributed by atoms with van der Waals surface area (Å²) in [6.45, 7) is 1.55. The predicted octanol–water partition coefficient (Wildman–Crippen LogP) is 3.76. The Morgan fingerprint density at radius 3 is 2.33 bits per heavy atom. The maximum atomic E-state index is 15.6. The first kappa shape index (κ1) is 26.0.